The maximum Gasteiger partial charge on any atom is 0.0160 e. The molecule has 1 heteroatoms. The quantitative estimate of drug-likeness (QED) is 0.663. The van der Waals surface area contributed by atoms with Gasteiger partial charge in [0.15, 0.2) is 0 Å². The van der Waals surface area contributed by atoms with Crippen molar-refractivity contribution in [3.8, 4) is 0 Å². The van der Waals surface area contributed by atoms with Crippen LogP contribution < -0.4 is 0 Å². The maximum atomic E-state index is 2.74. The Morgan fingerprint density at radius 2 is 1.93 bits per heavy atom. The lowest BCUT2D eigenvalue weighted by Gasteiger charge is -2.29. The van der Waals surface area contributed by atoms with Crippen LogP contribution in [0.3, 0.4) is 0 Å². The van der Waals surface area contributed by atoms with Crippen LogP contribution >= 0.6 is 0 Å². The predicted octanol–water partition coefficient (Wildman–Crippen LogP) is 2.76. The average Bonchev–Trinajstić information content (AvgIpc) is 2.65. The van der Waals surface area contributed by atoms with Crippen molar-refractivity contribution in [2.24, 2.45) is 23.2 Å². The first-order valence-corrected chi connectivity index (χ1v) is 6.52. The van der Waals surface area contributed by atoms with Gasteiger partial charge in [-0.3, -0.25) is 0 Å². The minimum Gasteiger partial charge on any atom is -0.300 e. The molecule has 4 bridgehead atoms. The first-order valence-electron chi connectivity index (χ1n) is 6.52. The molecule has 0 heterocycles. The molecule has 4 aliphatic rings. The third kappa shape index (κ3) is 0.816. The number of rotatable bonds is 4. The summed E-state index contributed by atoms with van der Waals surface area (Å²) in [5, 5.41) is 0. The summed E-state index contributed by atoms with van der Waals surface area (Å²) in [6.07, 6.45) is 4.59. The summed E-state index contributed by atoms with van der Waals surface area (Å²) in [6.45, 7) is 9.60. The topological polar surface area (TPSA) is 3.24 Å². The average molecular weight is 193 g/mol. The highest BCUT2D eigenvalue weighted by molar-refractivity contribution is 5.27. The molecule has 4 aliphatic carbocycles. The maximum absolute atomic E-state index is 2.74. The van der Waals surface area contributed by atoms with E-state index in [9.17, 15) is 0 Å². The standard InChI is InChI=1S/C13H23N/c1-4-13-8-9-7-10(13)11(13)12(9)14(5-2)6-3/h9-12H,4-8H2,1-3H3/t9-,10+,11-,12+,13+/m0/s1. The van der Waals surface area contributed by atoms with E-state index in [1.807, 2.05) is 0 Å². The zero-order valence-corrected chi connectivity index (χ0v) is 9.79. The minimum atomic E-state index is 0.845. The van der Waals surface area contributed by atoms with Crippen molar-refractivity contribution < 1.29 is 0 Å². The van der Waals surface area contributed by atoms with Crippen LogP contribution in [0.2, 0.25) is 0 Å². The van der Waals surface area contributed by atoms with Gasteiger partial charge in [-0.05, 0) is 55.5 Å². The molecule has 4 fully saturated rings. The first kappa shape index (κ1) is 9.21. The molecule has 0 unspecified atom stereocenters. The van der Waals surface area contributed by atoms with Crippen LogP contribution in [0.15, 0.2) is 0 Å². The Balaban J connectivity index is 1.81. The van der Waals surface area contributed by atoms with Crippen LogP contribution in [0.1, 0.15) is 40.0 Å². The van der Waals surface area contributed by atoms with Crippen molar-refractivity contribution >= 4 is 0 Å². The molecule has 14 heavy (non-hydrogen) atoms. The Hall–Kier alpha value is -0.0400. The van der Waals surface area contributed by atoms with Crippen molar-refractivity contribution in [1.82, 2.24) is 4.90 Å². The van der Waals surface area contributed by atoms with E-state index in [0.29, 0.717) is 0 Å². The largest absolute Gasteiger partial charge is 0.300 e. The summed E-state index contributed by atoms with van der Waals surface area (Å²) >= 11 is 0. The molecular formula is C13H23N. The van der Waals surface area contributed by atoms with Gasteiger partial charge in [0.05, 0.1) is 0 Å². The predicted molar refractivity (Wildman–Crippen MR) is 59.1 cm³/mol. The van der Waals surface area contributed by atoms with Crippen LogP contribution in [0, 0.1) is 23.2 Å². The smallest absolute Gasteiger partial charge is 0.0160 e. The second-order valence-corrected chi connectivity index (χ2v) is 5.63. The van der Waals surface area contributed by atoms with Crippen LogP contribution in [0.4, 0.5) is 0 Å². The Kier molecular flexibility index (Phi) is 1.81. The highest BCUT2D eigenvalue weighted by Crippen LogP contribution is 2.81. The van der Waals surface area contributed by atoms with Gasteiger partial charge in [-0.15, -0.1) is 0 Å². The summed E-state index contributed by atoms with van der Waals surface area (Å²) < 4.78 is 0. The Morgan fingerprint density at radius 3 is 2.36 bits per heavy atom. The summed E-state index contributed by atoms with van der Waals surface area (Å²) in [5.74, 6) is 3.32. The van der Waals surface area contributed by atoms with Gasteiger partial charge in [-0.2, -0.15) is 0 Å². The number of hydrogen-bond acceptors (Lipinski definition) is 1. The fourth-order valence-electron chi connectivity index (χ4n) is 5.12. The van der Waals surface area contributed by atoms with E-state index >= 15 is 0 Å². The second kappa shape index (κ2) is 2.75. The SMILES string of the molecule is CCN(CC)[C@@H]1[C@H]2C[C@@H]3[C@@H]1[C@]3(CC)C2. The van der Waals surface area contributed by atoms with Gasteiger partial charge < -0.3 is 4.90 Å². The molecule has 0 spiro atoms. The van der Waals surface area contributed by atoms with Crippen LogP contribution in [-0.4, -0.2) is 24.0 Å². The summed E-state index contributed by atoms with van der Waals surface area (Å²) in [5.41, 5.74) is 0.845. The van der Waals surface area contributed by atoms with E-state index in [2.05, 4.69) is 25.7 Å². The van der Waals surface area contributed by atoms with Crippen molar-refractivity contribution in [1.29, 1.82) is 0 Å². The second-order valence-electron chi connectivity index (χ2n) is 5.63. The molecule has 0 N–H and O–H groups in total. The van der Waals surface area contributed by atoms with E-state index in [1.165, 1.54) is 19.5 Å². The summed E-state index contributed by atoms with van der Waals surface area (Å²) in [4.78, 5) is 2.74. The molecule has 0 aromatic heterocycles. The molecule has 0 aliphatic heterocycles. The van der Waals surface area contributed by atoms with Crippen LogP contribution in [0.25, 0.3) is 0 Å². The molecule has 80 valence electrons. The van der Waals surface area contributed by atoms with Gasteiger partial charge in [0.25, 0.3) is 0 Å². The third-order valence-electron chi connectivity index (χ3n) is 5.67. The molecule has 4 rings (SSSR count). The van der Waals surface area contributed by atoms with Gasteiger partial charge in [-0.25, -0.2) is 0 Å². The van der Waals surface area contributed by atoms with Crippen LogP contribution in [0.5, 0.6) is 0 Å². The Bertz CT molecular complexity index is 246. The lowest BCUT2D eigenvalue weighted by atomic mass is 10.0. The molecular weight excluding hydrogens is 170 g/mol. The third-order valence-corrected chi connectivity index (χ3v) is 5.67. The van der Waals surface area contributed by atoms with E-state index in [1.54, 1.807) is 12.8 Å². The normalized spacial score (nSPS) is 53.1. The minimum absolute atomic E-state index is 0.845. The van der Waals surface area contributed by atoms with Crippen molar-refractivity contribution in [3.05, 3.63) is 0 Å². The van der Waals surface area contributed by atoms with Crippen LogP contribution in [-0.2, 0) is 0 Å². The van der Waals surface area contributed by atoms with Gasteiger partial charge in [0.1, 0.15) is 0 Å². The van der Waals surface area contributed by atoms with Gasteiger partial charge in [-0.1, -0.05) is 20.8 Å². The van der Waals surface area contributed by atoms with E-state index < -0.39 is 0 Å². The fourth-order valence-corrected chi connectivity index (χ4v) is 5.12. The fraction of sp³-hybridized carbons (Fsp3) is 1.00. The van der Waals surface area contributed by atoms with Gasteiger partial charge in [0, 0.05) is 6.04 Å². The Morgan fingerprint density at radius 1 is 1.21 bits per heavy atom. The molecule has 5 atom stereocenters. The zero-order valence-electron chi connectivity index (χ0n) is 9.79. The lowest BCUT2D eigenvalue weighted by Crippen LogP contribution is -2.37. The molecule has 0 amide bonds. The van der Waals surface area contributed by atoms with Gasteiger partial charge in [0.2, 0.25) is 0 Å². The molecule has 0 saturated heterocycles. The molecule has 4 saturated carbocycles. The number of hydrogen-bond donors (Lipinski definition) is 0. The Labute approximate surface area is 87.9 Å². The van der Waals surface area contributed by atoms with Crippen molar-refractivity contribution in [2.75, 3.05) is 13.1 Å². The highest BCUT2D eigenvalue weighted by atomic mass is 15.2. The first-order chi connectivity index (χ1) is 6.78. The summed E-state index contributed by atoms with van der Waals surface area (Å²) in [7, 11) is 0. The van der Waals surface area contributed by atoms with E-state index in [-0.39, 0.29) is 0 Å². The van der Waals surface area contributed by atoms with Gasteiger partial charge >= 0.3 is 0 Å². The van der Waals surface area contributed by atoms with Crippen molar-refractivity contribution in [3.63, 3.8) is 0 Å². The van der Waals surface area contributed by atoms with Crippen molar-refractivity contribution in [2.45, 2.75) is 46.1 Å². The molecule has 0 aromatic rings. The van der Waals surface area contributed by atoms with E-state index in [4.69, 9.17) is 0 Å². The molecule has 1 nitrogen and oxygen atoms in total. The van der Waals surface area contributed by atoms with E-state index in [0.717, 1.165) is 29.2 Å². The highest BCUT2D eigenvalue weighted by Gasteiger charge is 2.77. The zero-order chi connectivity index (χ0) is 9.92. The molecule has 0 aromatic carbocycles. The summed E-state index contributed by atoms with van der Waals surface area (Å²) in [6, 6.07) is 0.981. The number of nitrogens with zero attached hydrogens (tertiary/aromatic N) is 1. The monoisotopic (exact) mass is 193 g/mol. The molecule has 0 radical (unpaired) electrons. The lowest BCUT2D eigenvalue weighted by molar-refractivity contribution is 0.177.